The van der Waals surface area contributed by atoms with E-state index in [4.69, 9.17) is 0 Å². The molecule has 15 heavy (non-hydrogen) atoms. The molecule has 0 amide bonds. The third-order valence-electron chi connectivity index (χ3n) is 2.58. The van der Waals surface area contributed by atoms with Crippen molar-refractivity contribution in [3.8, 4) is 0 Å². The zero-order valence-corrected chi connectivity index (χ0v) is 10.6. The summed E-state index contributed by atoms with van der Waals surface area (Å²) < 4.78 is 0. The summed E-state index contributed by atoms with van der Waals surface area (Å²) in [5.74, 6) is 1.12. The molecule has 0 aliphatic carbocycles. The maximum absolute atomic E-state index is 4.55. The fourth-order valence-electron chi connectivity index (χ4n) is 1.30. The zero-order chi connectivity index (χ0) is 10.7. The SMILES string of the molecule is CCC1(C)CSC(=NCc2cncs2)N1. The van der Waals surface area contributed by atoms with Crippen molar-refractivity contribution >= 4 is 28.3 Å². The lowest BCUT2D eigenvalue weighted by Crippen LogP contribution is -2.39. The van der Waals surface area contributed by atoms with Crippen LogP contribution in [0.25, 0.3) is 0 Å². The van der Waals surface area contributed by atoms with E-state index in [1.807, 2.05) is 23.5 Å². The minimum absolute atomic E-state index is 0.233. The molecule has 3 nitrogen and oxygen atoms in total. The molecule has 0 aromatic carbocycles. The Morgan fingerprint density at radius 2 is 2.53 bits per heavy atom. The van der Waals surface area contributed by atoms with E-state index < -0.39 is 0 Å². The second-order valence-electron chi connectivity index (χ2n) is 3.92. The van der Waals surface area contributed by atoms with Crippen LogP contribution in [-0.4, -0.2) is 21.4 Å². The van der Waals surface area contributed by atoms with Crippen LogP contribution in [0.4, 0.5) is 0 Å². The summed E-state index contributed by atoms with van der Waals surface area (Å²) in [7, 11) is 0. The van der Waals surface area contributed by atoms with Crippen LogP contribution < -0.4 is 5.32 Å². The highest BCUT2D eigenvalue weighted by Gasteiger charge is 2.30. The van der Waals surface area contributed by atoms with Crippen LogP contribution >= 0.6 is 23.1 Å². The molecule has 1 aromatic rings. The molecule has 1 fully saturated rings. The van der Waals surface area contributed by atoms with Gasteiger partial charge in [0, 0.05) is 22.4 Å². The first-order valence-corrected chi connectivity index (χ1v) is 6.91. The fourth-order valence-corrected chi connectivity index (χ4v) is 3.03. The molecule has 0 bridgehead atoms. The predicted molar refractivity (Wildman–Crippen MR) is 67.5 cm³/mol. The minimum atomic E-state index is 0.233. The Balaban J connectivity index is 1.93. The first kappa shape index (κ1) is 11.0. The number of thiazole rings is 1. The van der Waals surface area contributed by atoms with Crippen LogP contribution in [-0.2, 0) is 6.54 Å². The number of thioether (sulfide) groups is 1. The van der Waals surface area contributed by atoms with Gasteiger partial charge in [0.1, 0.15) is 0 Å². The number of hydrogen-bond acceptors (Lipinski definition) is 4. The lowest BCUT2D eigenvalue weighted by molar-refractivity contribution is 0.466. The van der Waals surface area contributed by atoms with Gasteiger partial charge in [-0.15, -0.1) is 11.3 Å². The second-order valence-corrected chi connectivity index (χ2v) is 5.85. The van der Waals surface area contributed by atoms with Gasteiger partial charge >= 0.3 is 0 Å². The van der Waals surface area contributed by atoms with Gasteiger partial charge in [-0.05, 0) is 13.3 Å². The standard InChI is InChI=1S/C10H15N3S2/c1-3-10(2)6-14-9(13-10)12-5-8-4-11-7-15-8/h4,7H,3,5-6H2,1-2H3,(H,12,13). The van der Waals surface area contributed by atoms with Crippen molar-refractivity contribution in [2.45, 2.75) is 32.4 Å². The van der Waals surface area contributed by atoms with Crippen molar-refractivity contribution in [3.05, 3.63) is 16.6 Å². The molecule has 0 radical (unpaired) electrons. The van der Waals surface area contributed by atoms with Gasteiger partial charge in [-0.3, -0.25) is 9.98 Å². The zero-order valence-electron chi connectivity index (χ0n) is 8.99. The van der Waals surface area contributed by atoms with Crippen molar-refractivity contribution in [3.63, 3.8) is 0 Å². The van der Waals surface area contributed by atoms with E-state index in [-0.39, 0.29) is 5.54 Å². The number of aromatic nitrogens is 1. The highest BCUT2D eigenvalue weighted by atomic mass is 32.2. The summed E-state index contributed by atoms with van der Waals surface area (Å²) in [6, 6.07) is 0. The van der Waals surface area contributed by atoms with Crippen LogP contribution in [0.5, 0.6) is 0 Å². The number of aliphatic imine (C=N–C) groups is 1. The first-order valence-electron chi connectivity index (χ1n) is 5.05. The molecule has 1 aliphatic rings. The monoisotopic (exact) mass is 241 g/mol. The lowest BCUT2D eigenvalue weighted by atomic mass is 10.0. The normalized spacial score (nSPS) is 28.3. The smallest absolute Gasteiger partial charge is 0.157 e. The Morgan fingerprint density at radius 3 is 3.13 bits per heavy atom. The van der Waals surface area contributed by atoms with E-state index in [9.17, 15) is 0 Å². The van der Waals surface area contributed by atoms with Crippen molar-refractivity contribution in [1.29, 1.82) is 0 Å². The van der Waals surface area contributed by atoms with Gasteiger partial charge in [-0.25, -0.2) is 0 Å². The van der Waals surface area contributed by atoms with Crippen molar-refractivity contribution in [2.24, 2.45) is 4.99 Å². The molecular weight excluding hydrogens is 226 g/mol. The van der Waals surface area contributed by atoms with Crippen molar-refractivity contribution in [2.75, 3.05) is 5.75 Å². The van der Waals surface area contributed by atoms with E-state index in [2.05, 4.69) is 29.1 Å². The first-order chi connectivity index (χ1) is 7.22. The largest absolute Gasteiger partial charge is 0.359 e. The van der Waals surface area contributed by atoms with Gasteiger partial charge in [-0.1, -0.05) is 18.7 Å². The topological polar surface area (TPSA) is 37.3 Å². The Labute approximate surface area is 98.4 Å². The van der Waals surface area contributed by atoms with E-state index >= 15 is 0 Å². The number of hydrogen-bond donors (Lipinski definition) is 1. The number of nitrogens with one attached hydrogen (secondary N) is 1. The number of nitrogens with zero attached hydrogens (tertiary/aromatic N) is 2. The van der Waals surface area contributed by atoms with E-state index in [0.29, 0.717) is 0 Å². The van der Waals surface area contributed by atoms with Gasteiger partial charge in [0.25, 0.3) is 0 Å². The molecule has 1 aromatic heterocycles. The average Bonchev–Trinajstić information content (AvgIpc) is 2.85. The fraction of sp³-hybridized carbons (Fsp3) is 0.600. The summed E-state index contributed by atoms with van der Waals surface area (Å²) in [4.78, 5) is 9.80. The van der Waals surface area contributed by atoms with Crippen LogP contribution in [0.3, 0.4) is 0 Å². The summed E-state index contributed by atoms with van der Waals surface area (Å²) in [6.45, 7) is 5.20. The molecule has 82 valence electrons. The molecular formula is C10H15N3S2. The molecule has 1 aliphatic heterocycles. The van der Waals surface area contributed by atoms with Crippen LogP contribution in [0, 0.1) is 0 Å². The van der Waals surface area contributed by atoms with Crippen LogP contribution in [0.15, 0.2) is 16.7 Å². The summed E-state index contributed by atoms with van der Waals surface area (Å²) >= 11 is 3.48. The summed E-state index contributed by atoms with van der Waals surface area (Å²) in [5, 5.41) is 4.55. The Hall–Kier alpha value is -0.550. The molecule has 2 rings (SSSR count). The molecule has 2 heterocycles. The molecule has 1 unspecified atom stereocenters. The predicted octanol–water partition coefficient (Wildman–Crippen LogP) is 2.50. The van der Waals surface area contributed by atoms with E-state index in [1.54, 1.807) is 11.3 Å². The Morgan fingerprint density at radius 1 is 1.67 bits per heavy atom. The molecule has 1 N–H and O–H groups in total. The molecule has 0 spiro atoms. The van der Waals surface area contributed by atoms with Gasteiger partial charge < -0.3 is 5.32 Å². The van der Waals surface area contributed by atoms with Crippen molar-refractivity contribution in [1.82, 2.24) is 10.3 Å². The highest BCUT2D eigenvalue weighted by molar-refractivity contribution is 8.14. The molecule has 0 saturated carbocycles. The van der Waals surface area contributed by atoms with Gasteiger partial charge in [0.05, 0.1) is 12.1 Å². The van der Waals surface area contributed by atoms with Gasteiger partial charge in [0.2, 0.25) is 0 Å². The lowest BCUT2D eigenvalue weighted by Gasteiger charge is -2.20. The van der Waals surface area contributed by atoms with E-state index in [0.717, 1.165) is 23.9 Å². The minimum Gasteiger partial charge on any atom is -0.359 e. The van der Waals surface area contributed by atoms with Crippen LogP contribution in [0.2, 0.25) is 0 Å². The van der Waals surface area contributed by atoms with Gasteiger partial charge in [0.15, 0.2) is 5.17 Å². The summed E-state index contributed by atoms with van der Waals surface area (Å²) in [5.41, 5.74) is 2.08. The summed E-state index contributed by atoms with van der Waals surface area (Å²) in [6.07, 6.45) is 3.02. The van der Waals surface area contributed by atoms with Crippen LogP contribution in [0.1, 0.15) is 25.1 Å². The Kier molecular flexibility index (Phi) is 3.31. The van der Waals surface area contributed by atoms with E-state index in [1.165, 1.54) is 4.88 Å². The second kappa shape index (κ2) is 4.53. The molecule has 1 saturated heterocycles. The van der Waals surface area contributed by atoms with Crippen molar-refractivity contribution < 1.29 is 0 Å². The maximum Gasteiger partial charge on any atom is 0.157 e. The molecule has 1 atom stereocenters. The number of amidine groups is 1. The average molecular weight is 241 g/mol. The van der Waals surface area contributed by atoms with Gasteiger partial charge in [-0.2, -0.15) is 0 Å². The maximum atomic E-state index is 4.55. The highest BCUT2D eigenvalue weighted by Crippen LogP contribution is 2.25. The number of rotatable bonds is 3. The molecule has 5 heteroatoms. The Bertz CT molecular complexity index is 348. The third-order valence-corrected chi connectivity index (χ3v) is 4.63. The third kappa shape index (κ3) is 2.72. The quantitative estimate of drug-likeness (QED) is 0.883.